The normalized spacial score (nSPS) is 21.5. The van der Waals surface area contributed by atoms with Gasteiger partial charge in [-0.25, -0.2) is 8.42 Å². The maximum atomic E-state index is 13.6. The molecule has 1 fully saturated rings. The van der Waals surface area contributed by atoms with Gasteiger partial charge in [0.1, 0.15) is 6.10 Å². The van der Waals surface area contributed by atoms with E-state index in [1.807, 2.05) is 6.92 Å². The van der Waals surface area contributed by atoms with E-state index in [2.05, 4.69) is 5.32 Å². The summed E-state index contributed by atoms with van der Waals surface area (Å²) in [6.07, 6.45) is 0.545. The minimum absolute atomic E-state index is 0.00954. The molecule has 3 atom stereocenters. The molecule has 2 aromatic rings. The number of aliphatic hydroxyl groups is 1. The van der Waals surface area contributed by atoms with Crippen LogP contribution in [-0.2, 0) is 19.6 Å². The highest BCUT2D eigenvalue weighted by molar-refractivity contribution is 7.89. The number of hydrogen-bond acceptors (Lipinski definition) is 7. The summed E-state index contributed by atoms with van der Waals surface area (Å²) in [5.41, 5.74) is 0.590. The Bertz CT molecular complexity index is 1270. The number of benzene rings is 2. The number of nitrogens with zero attached hydrogens (tertiary/aromatic N) is 2. The van der Waals surface area contributed by atoms with Crippen LogP contribution in [0, 0.1) is 11.8 Å². The van der Waals surface area contributed by atoms with Gasteiger partial charge in [-0.2, -0.15) is 4.31 Å². The molecule has 10 nitrogen and oxygen atoms in total. The first-order valence-corrected chi connectivity index (χ1v) is 14.7. The molecule has 4 rings (SSSR count). The largest absolute Gasteiger partial charge is 0.486 e. The number of nitrogens with one attached hydrogen (secondary N) is 1. The first-order chi connectivity index (χ1) is 18.6. The van der Waals surface area contributed by atoms with E-state index in [0.717, 1.165) is 0 Å². The van der Waals surface area contributed by atoms with Crippen molar-refractivity contribution >= 4 is 27.5 Å². The van der Waals surface area contributed by atoms with E-state index >= 15 is 0 Å². The number of carbonyl (C=O) groups is 2. The van der Waals surface area contributed by atoms with Crippen molar-refractivity contribution in [2.75, 3.05) is 45.3 Å². The molecule has 212 valence electrons. The van der Waals surface area contributed by atoms with E-state index in [1.54, 1.807) is 48.2 Å². The van der Waals surface area contributed by atoms with Crippen molar-refractivity contribution in [1.29, 1.82) is 0 Å². The van der Waals surface area contributed by atoms with Gasteiger partial charge >= 0.3 is 0 Å². The third-order valence-electron chi connectivity index (χ3n) is 7.43. The third-order valence-corrected chi connectivity index (χ3v) is 9.27. The Morgan fingerprint density at radius 1 is 1.15 bits per heavy atom. The highest BCUT2D eigenvalue weighted by Crippen LogP contribution is 2.36. The molecule has 0 unspecified atom stereocenters. The van der Waals surface area contributed by atoms with Crippen molar-refractivity contribution in [2.24, 2.45) is 11.8 Å². The van der Waals surface area contributed by atoms with Gasteiger partial charge in [-0.1, -0.05) is 31.2 Å². The molecule has 2 N–H and O–H groups in total. The molecule has 2 aliphatic rings. The Kier molecular flexibility index (Phi) is 9.27. The molecular weight excluding hydrogens is 522 g/mol. The summed E-state index contributed by atoms with van der Waals surface area (Å²) in [4.78, 5) is 28.5. The first-order valence-electron chi connectivity index (χ1n) is 13.2. The number of fused-ring (bicyclic) bond motifs is 1. The van der Waals surface area contributed by atoms with E-state index in [9.17, 15) is 23.1 Å². The van der Waals surface area contributed by atoms with Gasteiger partial charge in [-0.15, -0.1) is 0 Å². The number of ether oxygens (including phenoxy) is 2. The lowest BCUT2D eigenvalue weighted by atomic mass is 9.98. The quantitative estimate of drug-likeness (QED) is 0.509. The summed E-state index contributed by atoms with van der Waals surface area (Å²) < 4.78 is 39.6. The van der Waals surface area contributed by atoms with Crippen LogP contribution in [0.1, 0.15) is 37.0 Å². The van der Waals surface area contributed by atoms with Gasteiger partial charge in [0.2, 0.25) is 15.9 Å². The lowest BCUT2D eigenvalue weighted by Gasteiger charge is -2.38. The molecule has 11 heteroatoms. The van der Waals surface area contributed by atoms with Crippen molar-refractivity contribution in [1.82, 2.24) is 9.21 Å². The summed E-state index contributed by atoms with van der Waals surface area (Å²) in [6.45, 7) is 4.68. The van der Waals surface area contributed by atoms with Crippen LogP contribution in [-0.4, -0.2) is 86.6 Å². The summed E-state index contributed by atoms with van der Waals surface area (Å²) in [5, 5.41) is 12.8. The van der Waals surface area contributed by atoms with Crippen LogP contribution in [0.15, 0.2) is 53.4 Å². The number of hydrogen-bond donors (Lipinski definition) is 2. The van der Waals surface area contributed by atoms with E-state index in [1.165, 1.54) is 23.5 Å². The Morgan fingerprint density at radius 3 is 2.51 bits per heavy atom. The zero-order valence-corrected chi connectivity index (χ0v) is 23.4. The number of amides is 2. The maximum Gasteiger partial charge on any atom is 0.258 e. The topological polar surface area (TPSA) is 125 Å². The molecule has 2 aliphatic heterocycles. The summed E-state index contributed by atoms with van der Waals surface area (Å²) in [5.74, 6) is -0.839. The standard InChI is InChI=1S/C28H37N3O7S/c1-19-16-31(20(2)18-32)28(34)23-10-7-11-24(29-27(33)21-12-14-37-15-13-21)26(23)38-25(19)17-30(3)39(35,36)22-8-5-4-6-9-22/h4-11,19-21,25,32H,12-18H2,1-3H3,(H,29,33)/t19-,20+,25-/m0/s1. The number of anilines is 1. The number of aliphatic hydroxyl groups excluding tert-OH is 1. The number of carbonyl (C=O) groups excluding carboxylic acids is 2. The smallest absolute Gasteiger partial charge is 0.258 e. The van der Waals surface area contributed by atoms with E-state index in [-0.39, 0.29) is 59.6 Å². The molecular formula is C28H37N3O7S. The Balaban J connectivity index is 1.69. The molecule has 0 saturated carbocycles. The average Bonchev–Trinajstić information content (AvgIpc) is 2.95. The fraction of sp³-hybridized carbons (Fsp3) is 0.500. The maximum absolute atomic E-state index is 13.6. The van der Waals surface area contributed by atoms with Gasteiger partial charge in [0.05, 0.1) is 35.3 Å². The zero-order chi connectivity index (χ0) is 28.2. The zero-order valence-electron chi connectivity index (χ0n) is 22.6. The van der Waals surface area contributed by atoms with Crippen LogP contribution in [0.3, 0.4) is 0 Å². The summed E-state index contributed by atoms with van der Waals surface area (Å²) in [7, 11) is -2.30. The van der Waals surface area contributed by atoms with Gasteiger partial charge in [-0.3, -0.25) is 9.59 Å². The number of sulfonamides is 1. The molecule has 0 aromatic heterocycles. The Hall–Kier alpha value is -2.99. The van der Waals surface area contributed by atoms with Crippen molar-refractivity contribution < 1.29 is 32.6 Å². The third kappa shape index (κ3) is 6.43. The van der Waals surface area contributed by atoms with Gasteiger partial charge in [0, 0.05) is 38.6 Å². The summed E-state index contributed by atoms with van der Waals surface area (Å²) >= 11 is 0. The number of rotatable bonds is 8. The fourth-order valence-electron chi connectivity index (χ4n) is 4.88. The number of para-hydroxylation sites is 1. The molecule has 2 amide bonds. The van der Waals surface area contributed by atoms with Crippen LogP contribution < -0.4 is 10.1 Å². The first kappa shape index (κ1) is 29.0. The highest BCUT2D eigenvalue weighted by atomic mass is 32.2. The molecule has 0 radical (unpaired) electrons. The molecule has 2 heterocycles. The highest BCUT2D eigenvalue weighted by Gasteiger charge is 2.36. The Labute approximate surface area is 229 Å². The average molecular weight is 560 g/mol. The van der Waals surface area contributed by atoms with Crippen LogP contribution in [0.25, 0.3) is 0 Å². The Morgan fingerprint density at radius 2 is 1.85 bits per heavy atom. The molecule has 2 aromatic carbocycles. The van der Waals surface area contributed by atoms with Crippen LogP contribution in [0.2, 0.25) is 0 Å². The molecule has 0 bridgehead atoms. The molecule has 0 spiro atoms. The van der Waals surface area contributed by atoms with Gasteiger partial charge in [0.25, 0.3) is 5.91 Å². The predicted octanol–water partition coefficient (Wildman–Crippen LogP) is 2.59. The van der Waals surface area contributed by atoms with E-state index in [0.29, 0.717) is 31.7 Å². The van der Waals surface area contributed by atoms with Crippen molar-refractivity contribution in [2.45, 2.75) is 43.7 Å². The lowest BCUT2D eigenvalue weighted by molar-refractivity contribution is -0.122. The second-order valence-corrected chi connectivity index (χ2v) is 12.3. The van der Waals surface area contributed by atoms with Crippen LogP contribution >= 0.6 is 0 Å². The molecule has 1 saturated heterocycles. The monoisotopic (exact) mass is 559 g/mol. The SMILES string of the molecule is C[C@H](CO)N1C[C@H](C)[C@H](CN(C)S(=O)(=O)c2ccccc2)Oc2c(NC(=O)C3CCOCC3)cccc2C1=O. The van der Waals surface area contributed by atoms with Gasteiger partial charge in [0.15, 0.2) is 5.75 Å². The minimum atomic E-state index is -3.80. The van der Waals surface area contributed by atoms with Crippen LogP contribution in [0.5, 0.6) is 5.75 Å². The summed E-state index contributed by atoms with van der Waals surface area (Å²) in [6, 6.07) is 12.7. The minimum Gasteiger partial charge on any atom is -0.486 e. The van der Waals surface area contributed by atoms with Crippen LogP contribution in [0.4, 0.5) is 5.69 Å². The molecule has 39 heavy (non-hydrogen) atoms. The van der Waals surface area contributed by atoms with E-state index in [4.69, 9.17) is 9.47 Å². The van der Waals surface area contributed by atoms with Crippen molar-refractivity contribution in [3.63, 3.8) is 0 Å². The van der Waals surface area contributed by atoms with Crippen molar-refractivity contribution in [3.05, 3.63) is 54.1 Å². The predicted molar refractivity (Wildman–Crippen MR) is 146 cm³/mol. The number of likely N-dealkylation sites (N-methyl/N-ethyl adjacent to an activating group) is 1. The van der Waals surface area contributed by atoms with Gasteiger partial charge < -0.3 is 24.8 Å². The van der Waals surface area contributed by atoms with E-state index < -0.39 is 22.2 Å². The second-order valence-electron chi connectivity index (χ2n) is 10.3. The fourth-order valence-corrected chi connectivity index (χ4v) is 6.08. The lowest BCUT2D eigenvalue weighted by Crippen LogP contribution is -2.50. The van der Waals surface area contributed by atoms with Gasteiger partial charge in [-0.05, 0) is 44.0 Å². The molecule has 0 aliphatic carbocycles. The van der Waals surface area contributed by atoms with Crippen molar-refractivity contribution in [3.8, 4) is 5.75 Å². The second kappa shape index (κ2) is 12.5.